The maximum atomic E-state index is 14.9. The van der Waals surface area contributed by atoms with Crippen molar-refractivity contribution >= 4 is 28.3 Å². The summed E-state index contributed by atoms with van der Waals surface area (Å²) >= 11 is 5.96. The van der Waals surface area contributed by atoms with Crippen molar-refractivity contribution in [1.29, 1.82) is 0 Å². The van der Waals surface area contributed by atoms with Crippen LogP contribution in [0.4, 0.5) is 10.2 Å². The van der Waals surface area contributed by atoms with Crippen molar-refractivity contribution in [3.05, 3.63) is 69.2 Å². The molecule has 1 aliphatic heterocycles. The van der Waals surface area contributed by atoms with Crippen LogP contribution in [0.1, 0.15) is 23.7 Å². The molecule has 0 saturated carbocycles. The van der Waals surface area contributed by atoms with Crippen molar-refractivity contribution in [1.82, 2.24) is 24.3 Å². The second-order valence-electron chi connectivity index (χ2n) is 8.25. The first kappa shape index (κ1) is 20.6. The lowest BCUT2D eigenvalue weighted by Gasteiger charge is -2.20. The number of nitrogens with zero attached hydrogens (tertiary/aromatic N) is 6. The lowest BCUT2D eigenvalue weighted by Crippen LogP contribution is -2.24. The summed E-state index contributed by atoms with van der Waals surface area (Å²) in [7, 11) is 3.56. The molecule has 1 atom stereocenters. The Morgan fingerprint density at radius 2 is 2.00 bits per heavy atom. The zero-order valence-electron chi connectivity index (χ0n) is 18.0. The van der Waals surface area contributed by atoms with Crippen molar-refractivity contribution in [2.45, 2.75) is 19.3 Å². The Labute approximate surface area is 189 Å². The minimum atomic E-state index is -0.527. The molecule has 4 aromatic rings. The molecule has 0 spiro atoms. The quantitative estimate of drug-likeness (QED) is 0.472. The van der Waals surface area contributed by atoms with Crippen LogP contribution in [0.3, 0.4) is 0 Å². The fourth-order valence-corrected chi connectivity index (χ4v) is 4.47. The number of fused-ring (bicyclic) bond motifs is 1. The zero-order chi connectivity index (χ0) is 22.6. The lowest BCUT2D eigenvalue weighted by molar-refractivity contribution is 0.631. The van der Waals surface area contributed by atoms with Crippen LogP contribution < -0.4 is 10.5 Å². The average molecular weight is 453 g/mol. The average Bonchev–Trinajstić information content (AvgIpc) is 3.40. The standard InChI is InChI=1S/C23H22ClFN6O/c1-13-27-19-9-20(31-7-6-14(12-31)15-10-26-29(2)11-15)28-22(21(19)23(32)30(13)3)17-5-4-16(24)8-18(17)25/h4-5,8-11,14H,6-7,12H2,1-3H3. The Morgan fingerprint density at radius 3 is 2.72 bits per heavy atom. The molecule has 1 aromatic carbocycles. The van der Waals surface area contributed by atoms with Gasteiger partial charge in [0, 0.05) is 56.0 Å². The van der Waals surface area contributed by atoms with Gasteiger partial charge in [0.1, 0.15) is 17.5 Å². The predicted octanol–water partition coefficient (Wildman–Crippen LogP) is 3.82. The molecule has 1 unspecified atom stereocenters. The Bertz CT molecular complexity index is 1410. The third-order valence-corrected chi connectivity index (χ3v) is 6.40. The van der Waals surface area contributed by atoms with E-state index in [1.54, 1.807) is 30.8 Å². The number of aromatic nitrogens is 5. The van der Waals surface area contributed by atoms with Gasteiger partial charge in [-0.25, -0.2) is 14.4 Å². The van der Waals surface area contributed by atoms with E-state index < -0.39 is 5.82 Å². The molecule has 32 heavy (non-hydrogen) atoms. The molecule has 4 heterocycles. The number of anilines is 1. The summed E-state index contributed by atoms with van der Waals surface area (Å²) in [6, 6.07) is 6.22. The summed E-state index contributed by atoms with van der Waals surface area (Å²) in [6.45, 7) is 3.33. The van der Waals surface area contributed by atoms with Gasteiger partial charge in [-0.05, 0) is 37.1 Å². The van der Waals surface area contributed by atoms with Gasteiger partial charge in [-0.2, -0.15) is 5.10 Å². The highest BCUT2D eigenvalue weighted by Crippen LogP contribution is 2.34. The molecule has 7 nitrogen and oxygen atoms in total. The first-order chi connectivity index (χ1) is 15.3. The highest BCUT2D eigenvalue weighted by Gasteiger charge is 2.27. The van der Waals surface area contributed by atoms with E-state index in [2.05, 4.69) is 15.0 Å². The number of aryl methyl sites for hydroxylation is 2. The molecule has 0 aliphatic carbocycles. The molecule has 0 amide bonds. The fourth-order valence-electron chi connectivity index (χ4n) is 4.31. The fraction of sp³-hybridized carbons (Fsp3) is 0.304. The number of hydrogen-bond acceptors (Lipinski definition) is 5. The second kappa shape index (κ2) is 7.70. The molecular weight excluding hydrogens is 431 g/mol. The van der Waals surface area contributed by atoms with Crippen molar-refractivity contribution in [3.63, 3.8) is 0 Å². The number of halogens is 2. The number of rotatable bonds is 3. The molecule has 0 bridgehead atoms. The van der Waals surface area contributed by atoms with Crippen LogP contribution in [0.25, 0.3) is 22.2 Å². The predicted molar refractivity (Wildman–Crippen MR) is 123 cm³/mol. The Balaban J connectivity index is 1.66. The summed E-state index contributed by atoms with van der Waals surface area (Å²) in [5.74, 6) is 1.06. The van der Waals surface area contributed by atoms with Gasteiger partial charge in [0.25, 0.3) is 5.56 Å². The van der Waals surface area contributed by atoms with Crippen molar-refractivity contribution < 1.29 is 4.39 Å². The Hall–Kier alpha value is -3.26. The van der Waals surface area contributed by atoms with Crippen molar-refractivity contribution in [2.75, 3.05) is 18.0 Å². The molecular formula is C23H22ClFN6O. The molecule has 5 rings (SSSR count). The smallest absolute Gasteiger partial charge is 0.263 e. The topological polar surface area (TPSA) is 68.8 Å². The first-order valence-electron chi connectivity index (χ1n) is 10.4. The van der Waals surface area contributed by atoms with Gasteiger partial charge < -0.3 is 4.90 Å². The molecule has 0 radical (unpaired) electrons. The zero-order valence-corrected chi connectivity index (χ0v) is 18.8. The molecule has 0 N–H and O–H groups in total. The molecule has 1 fully saturated rings. The van der Waals surface area contributed by atoms with E-state index in [0.717, 1.165) is 19.5 Å². The van der Waals surface area contributed by atoms with E-state index in [9.17, 15) is 9.18 Å². The van der Waals surface area contributed by atoms with E-state index in [0.29, 0.717) is 28.5 Å². The summed E-state index contributed by atoms with van der Waals surface area (Å²) in [6.07, 6.45) is 4.88. The van der Waals surface area contributed by atoms with Gasteiger partial charge in [-0.3, -0.25) is 14.0 Å². The van der Waals surface area contributed by atoms with Crippen LogP contribution in [-0.2, 0) is 14.1 Å². The van der Waals surface area contributed by atoms with Gasteiger partial charge in [0.05, 0.1) is 22.8 Å². The SMILES string of the molecule is Cc1nc2cc(N3CCC(c4cnn(C)c4)C3)nc(-c3ccc(Cl)cc3F)c2c(=O)n1C. The molecule has 1 aliphatic rings. The van der Waals surface area contributed by atoms with Gasteiger partial charge in [0.15, 0.2) is 0 Å². The summed E-state index contributed by atoms with van der Waals surface area (Å²) < 4.78 is 18.1. The second-order valence-corrected chi connectivity index (χ2v) is 8.69. The van der Waals surface area contributed by atoms with Gasteiger partial charge in [-0.15, -0.1) is 0 Å². The van der Waals surface area contributed by atoms with E-state index in [1.807, 2.05) is 25.5 Å². The highest BCUT2D eigenvalue weighted by atomic mass is 35.5. The normalized spacial score (nSPS) is 16.3. The highest BCUT2D eigenvalue weighted by molar-refractivity contribution is 6.30. The Kier molecular flexibility index (Phi) is 4.97. The third-order valence-electron chi connectivity index (χ3n) is 6.17. The molecule has 3 aromatic heterocycles. The van der Waals surface area contributed by atoms with Crippen LogP contribution in [0.15, 0.2) is 41.5 Å². The number of hydrogen-bond donors (Lipinski definition) is 0. The lowest BCUT2D eigenvalue weighted by atomic mass is 10.0. The number of benzene rings is 1. The first-order valence-corrected chi connectivity index (χ1v) is 10.8. The van der Waals surface area contributed by atoms with E-state index in [4.69, 9.17) is 16.6 Å². The van der Waals surface area contributed by atoms with Gasteiger partial charge in [-0.1, -0.05) is 11.6 Å². The maximum Gasteiger partial charge on any atom is 0.263 e. The number of pyridine rings is 1. The molecule has 9 heteroatoms. The van der Waals surface area contributed by atoms with Crippen LogP contribution in [0.2, 0.25) is 5.02 Å². The summed E-state index contributed by atoms with van der Waals surface area (Å²) in [4.78, 5) is 24.7. The minimum Gasteiger partial charge on any atom is -0.356 e. The summed E-state index contributed by atoms with van der Waals surface area (Å²) in [5, 5.41) is 4.86. The third kappa shape index (κ3) is 3.44. The Morgan fingerprint density at radius 1 is 1.19 bits per heavy atom. The molecule has 1 saturated heterocycles. The van der Waals surface area contributed by atoms with E-state index in [-0.39, 0.29) is 21.8 Å². The van der Waals surface area contributed by atoms with Gasteiger partial charge in [0.2, 0.25) is 0 Å². The monoisotopic (exact) mass is 452 g/mol. The van der Waals surface area contributed by atoms with Crippen molar-refractivity contribution in [2.24, 2.45) is 14.1 Å². The van der Waals surface area contributed by atoms with E-state index in [1.165, 1.54) is 16.2 Å². The maximum absolute atomic E-state index is 14.9. The van der Waals surface area contributed by atoms with Crippen molar-refractivity contribution in [3.8, 4) is 11.3 Å². The largest absolute Gasteiger partial charge is 0.356 e. The van der Waals surface area contributed by atoms with Gasteiger partial charge >= 0.3 is 0 Å². The minimum absolute atomic E-state index is 0.229. The van der Waals surface area contributed by atoms with Crippen LogP contribution in [0.5, 0.6) is 0 Å². The molecule has 164 valence electrons. The van der Waals surface area contributed by atoms with Crippen LogP contribution in [-0.4, -0.2) is 37.4 Å². The van der Waals surface area contributed by atoms with Crippen LogP contribution in [0, 0.1) is 12.7 Å². The van der Waals surface area contributed by atoms with Crippen LogP contribution >= 0.6 is 11.6 Å². The van der Waals surface area contributed by atoms with E-state index >= 15 is 0 Å². The summed E-state index contributed by atoms with van der Waals surface area (Å²) in [5.41, 5.74) is 1.94.